The number of nitrogens with zero attached hydrogens (tertiary/aromatic N) is 2. The van der Waals surface area contributed by atoms with Crippen molar-refractivity contribution in [3.05, 3.63) is 18.1 Å². The normalized spacial score (nSPS) is 20.5. The van der Waals surface area contributed by atoms with Gasteiger partial charge in [0.25, 0.3) is 0 Å². The van der Waals surface area contributed by atoms with E-state index in [-0.39, 0.29) is 6.17 Å². The van der Waals surface area contributed by atoms with Crippen LogP contribution >= 0.6 is 11.6 Å². The first-order chi connectivity index (χ1) is 6.40. The van der Waals surface area contributed by atoms with Gasteiger partial charge in [-0.1, -0.05) is 0 Å². The lowest BCUT2D eigenvalue weighted by atomic mass is 10.2. The summed E-state index contributed by atoms with van der Waals surface area (Å²) in [6.07, 6.45) is 4.50. The zero-order valence-electron chi connectivity index (χ0n) is 7.13. The third kappa shape index (κ3) is 1.89. The summed E-state index contributed by atoms with van der Waals surface area (Å²) >= 11 is 5.65. The molecule has 2 N–H and O–H groups in total. The van der Waals surface area contributed by atoms with E-state index in [0.29, 0.717) is 5.88 Å². The Morgan fingerprint density at radius 3 is 3.15 bits per heavy atom. The molecule has 1 atom stereocenters. The summed E-state index contributed by atoms with van der Waals surface area (Å²) in [4.78, 5) is 8.39. The molecule has 0 saturated heterocycles. The number of hydrogen-bond acceptors (Lipinski definition) is 4. The highest BCUT2D eigenvalue weighted by Crippen LogP contribution is 2.14. The van der Waals surface area contributed by atoms with E-state index >= 15 is 0 Å². The van der Waals surface area contributed by atoms with Gasteiger partial charge in [-0.15, -0.1) is 11.6 Å². The predicted octanol–water partition coefficient (Wildman–Crippen LogP) is 0.947. The van der Waals surface area contributed by atoms with Crippen LogP contribution in [0.3, 0.4) is 0 Å². The summed E-state index contributed by atoms with van der Waals surface area (Å²) in [6.45, 7) is 0.762. The number of rotatable bonds is 2. The van der Waals surface area contributed by atoms with E-state index in [4.69, 9.17) is 11.6 Å². The van der Waals surface area contributed by atoms with Crippen LogP contribution in [0.25, 0.3) is 0 Å². The van der Waals surface area contributed by atoms with Crippen LogP contribution in [0.1, 0.15) is 12.1 Å². The molecule has 2 rings (SSSR count). The van der Waals surface area contributed by atoms with Crippen LogP contribution in [0.15, 0.2) is 12.4 Å². The Hall–Kier alpha value is -0.870. The number of anilines is 1. The third-order valence-corrected chi connectivity index (χ3v) is 2.22. The van der Waals surface area contributed by atoms with Crippen molar-refractivity contribution < 1.29 is 0 Å². The fourth-order valence-electron chi connectivity index (χ4n) is 1.34. The Morgan fingerprint density at radius 1 is 1.46 bits per heavy atom. The van der Waals surface area contributed by atoms with Gasteiger partial charge in [-0.25, -0.2) is 4.98 Å². The van der Waals surface area contributed by atoms with Gasteiger partial charge in [-0.05, 0) is 6.42 Å². The fraction of sp³-hybridized carbons (Fsp3) is 0.500. The lowest BCUT2D eigenvalue weighted by Gasteiger charge is -2.25. The summed E-state index contributed by atoms with van der Waals surface area (Å²) in [5, 5.41) is 6.51. The molecule has 1 unspecified atom stereocenters. The molecule has 4 nitrogen and oxygen atoms in total. The van der Waals surface area contributed by atoms with Gasteiger partial charge in [0.1, 0.15) is 5.82 Å². The van der Waals surface area contributed by atoms with Crippen LogP contribution in [0.5, 0.6) is 0 Å². The molecular formula is C8H11ClN4. The second-order valence-corrected chi connectivity index (χ2v) is 3.29. The van der Waals surface area contributed by atoms with Gasteiger partial charge in [-0.2, -0.15) is 0 Å². The lowest BCUT2D eigenvalue weighted by Crippen LogP contribution is -2.41. The smallest absolute Gasteiger partial charge is 0.150 e. The van der Waals surface area contributed by atoms with Crippen LogP contribution < -0.4 is 10.6 Å². The largest absolute Gasteiger partial charge is 0.353 e. The SMILES string of the molecule is ClCCC1NCc2nccnc2N1. The number of alkyl halides is 1. The van der Waals surface area contributed by atoms with Crippen molar-refractivity contribution in [3.63, 3.8) is 0 Å². The zero-order chi connectivity index (χ0) is 9.10. The Kier molecular flexibility index (Phi) is 2.61. The maximum absolute atomic E-state index is 5.65. The number of hydrogen-bond donors (Lipinski definition) is 2. The summed E-state index contributed by atoms with van der Waals surface area (Å²) in [6, 6.07) is 0. The molecule has 1 aromatic rings. The predicted molar refractivity (Wildman–Crippen MR) is 51.6 cm³/mol. The van der Waals surface area contributed by atoms with E-state index in [9.17, 15) is 0 Å². The molecule has 0 amide bonds. The van der Waals surface area contributed by atoms with Crippen molar-refractivity contribution >= 4 is 17.4 Å². The number of nitrogens with one attached hydrogen (secondary N) is 2. The molecule has 0 aliphatic carbocycles. The van der Waals surface area contributed by atoms with Crippen LogP contribution in [0, 0.1) is 0 Å². The minimum absolute atomic E-state index is 0.224. The highest BCUT2D eigenvalue weighted by Gasteiger charge is 2.17. The second-order valence-electron chi connectivity index (χ2n) is 2.91. The Labute approximate surface area is 81.7 Å². The zero-order valence-corrected chi connectivity index (χ0v) is 7.88. The van der Waals surface area contributed by atoms with Crippen molar-refractivity contribution in [2.45, 2.75) is 19.1 Å². The first-order valence-electron chi connectivity index (χ1n) is 4.26. The van der Waals surface area contributed by atoms with Crippen molar-refractivity contribution in [1.29, 1.82) is 0 Å². The van der Waals surface area contributed by atoms with Crippen molar-refractivity contribution in [1.82, 2.24) is 15.3 Å². The van der Waals surface area contributed by atoms with E-state index in [1.54, 1.807) is 12.4 Å². The van der Waals surface area contributed by atoms with Gasteiger partial charge in [0, 0.05) is 24.8 Å². The molecular weight excluding hydrogens is 188 g/mol. The van der Waals surface area contributed by atoms with E-state index in [0.717, 1.165) is 24.5 Å². The quantitative estimate of drug-likeness (QED) is 0.695. The van der Waals surface area contributed by atoms with E-state index < -0.39 is 0 Å². The molecule has 1 aromatic heterocycles. The molecule has 0 bridgehead atoms. The molecule has 0 spiro atoms. The Bertz CT molecular complexity index is 291. The van der Waals surface area contributed by atoms with Gasteiger partial charge in [-0.3, -0.25) is 10.3 Å². The lowest BCUT2D eigenvalue weighted by molar-refractivity contribution is 0.518. The Morgan fingerprint density at radius 2 is 2.31 bits per heavy atom. The summed E-state index contributed by atoms with van der Waals surface area (Å²) < 4.78 is 0. The molecule has 0 saturated carbocycles. The molecule has 0 fully saturated rings. The van der Waals surface area contributed by atoms with E-state index in [2.05, 4.69) is 20.6 Å². The topological polar surface area (TPSA) is 49.8 Å². The second kappa shape index (κ2) is 3.89. The van der Waals surface area contributed by atoms with Crippen molar-refractivity contribution in [3.8, 4) is 0 Å². The van der Waals surface area contributed by atoms with Crippen molar-refractivity contribution in [2.75, 3.05) is 11.2 Å². The highest BCUT2D eigenvalue weighted by atomic mass is 35.5. The summed E-state index contributed by atoms with van der Waals surface area (Å²) in [5.74, 6) is 1.51. The molecule has 13 heavy (non-hydrogen) atoms. The number of fused-ring (bicyclic) bond motifs is 1. The number of halogens is 1. The Balaban J connectivity index is 2.11. The van der Waals surface area contributed by atoms with E-state index in [1.807, 2.05) is 0 Å². The molecule has 0 radical (unpaired) electrons. The highest BCUT2D eigenvalue weighted by molar-refractivity contribution is 6.17. The van der Waals surface area contributed by atoms with Crippen LogP contribution in [-0.2, 0) is 6.54 Å². The summed E-state index contributed by atoms with van der Waals surface area (Å²) in [7, 11) is 0. The van der Waals surface area contributed by atoms with Crippen LogP contribution in [0.4, 0.5) is 5.82 Å². The van der Waals surface area contributed by atoms with Gasteiger partial charge in [0.2, 0.25) is 0 Å². The maximum Gasteiger partial charge on any atom is 0.150 e. The van der Waals surface area contributed by atoms with Crippen LogP contribution in [-0.4, -0.2) is 22.0 Å². The monoisotopic (exact) mass is 198 g/mol. The third-order valence-electron chi connectivity index (χ3n) is 2.00. The standard InChI is InChI=1S/C8H11ClN4/c9-2-1-7-12-5-6-8(13-7)11-4-3-10-6/h3-4,7,12H,1-2,5H2,(H,11,13). The average Bonchev–Trinajstić information content (AvgIpc) is 2.18. The first kappa shape index (κ1) is 8.72. The van der Waals surface area contributed by atoms with Crippen LogP contribution in [0.2, 0.25) is 0 Å². The minimum atomic E-state index is 0.224. The molecule has 70 valence electrons. The average molecular weight is 199 g/mol. The van der Waals surface area contributed by atoms with Gasteiger partial charge in [0.05, 0.1) is 11.9 Å². The van der Waals surface area contributed by atoms with E-state index in [1.165, 1.54) is 0 Å². The molecule has 2 heterocycles. The molecule has 0 aromatic carbocycles. The summed E-state index contributed by atoms with van der Waals surface area (Å²) in [5.41, 5.74) is 0.966. The fourth-order valence-corrected chi connectivity index (χ4v) is 1.55. The van der Waals surface area contributed by atoms with Crippen molar-refractivity contribution in [2.24, 2.45) is 0 Å². The van der Waals surface area contributed by atoms with Gasteiger partial charge >= 0.3 is 0 Å². The first-order valence-corrected chi connectivity index (χ1v) is 4.79. The molecule has 1 aliphatic rings. The van der Waals surface area contributed by atoms with Gasteiger partial charge in [0.15, 0.2) is 0 Å². The van der Waals surface area contributed by atoms with Gasteiger partial charge < -0.3 is 5.32 Å². The molecule has 5 heteroatoms. The maximum atomic E-state index is 5.65. The minimum Gasteiger partial charge on any atom is -0.353 e. The number of aromatic nitrogens is 2. The molecule has 1 aliphatic heterocycles.